The lowest BCUT2D eigenvalue weighted by Gasteiger charge is -2.71. The molecule has 4 bridgehead atoms. The molecule has 11 heteroatoms. The Morgan fingerprint density at radius 1 is 1.18 bits per heavy atom. The molecule has 4 heterocycles. The molecule has 0 aromatic carbocycles. The van der Waals surface area contributed by atoms with E-state index in [0.717, 1.165) is 0 Å². The summed E-state index contributed by atoms with van der Waals surface area (Å²) in [4.78, 5) is 3.70. The highest BCUT2D eigenvalue weighted by atomic mass is 16.9. The standard InChI is InChI=1S/C11H17N3O8/c12-8-13-6(17)2-4-9(19,1-15)5-3(16)10(2,14-8)7(18)11(20,21-4)22-5/h2-7,15-20H,1H2,(H3,12,13,14)/t2-,3?,4-,5-,6+,7+,9-,10?,11+/m1/s1. The van der Waals surface area contributed by atoms with Crippen LogP contribution in [0.1, 0.15) is 0 Å². The van der Waals surface area contributed by atoms with E-state index in [9.17, 15) is 30.6 Å². The molecule has 4 aliphatic heterocycles. The minimum absolute atomic E-state index is 0.250. The van der Waals surface area contributed by atoms with Crippen LogP contribution in [-0.4, -0.2) is 91.0 Å². The fourth-order valence-electron chi connectivity index (χ4n) is 4.24. The molecule has 22 heavy (non-hydrogen) atoms. The maximum atomic E-state index is 10.6. The molecule has 0 aromatic rings. The van der Waals surface area contributed by atoms with Gasteiger partial charge in [-0.1, -0.05) is 0 Å². The number of aliphatic hydroxyl groups excluding tert-OH is 4. The molecule has 9 N–H and O–H groups in total. The third-order valence-electron chi connectivity index (χ3n) is 5.22. The van der Waals surface area contributed by atoms with Crippen LogP contribution >= 0.6 is 0 Å². The Morgan fingerprint density at radius 2 is 1.82 bits per heavy atom. The van der Waals surface area contributed by atoms with Crippen LogP contribution < -0.4 is 11.1 Å². The predicted molar refractivity (Wildman–Crippen MR) is 65.7 cm³/mol. The quantitative estimate of drug-likeness (QED) is 0.231. The number of aliphatic imine (C=N–C) groups is 1. The first-order chi connectivity index (χ1) is 10.2. The van der Waals surface area contributed by atoms with E-state index in [4.69, 9.17) is 15.2 Å². The lowest BCUT2D eigenvalue weighted by Crippen LogP contribution is -2.95. The molecule has 5 aliphatic rings. The zero-order valence-electron chi connectivity index (χ0n) is 11.2. The molecule has 2 unspecified atom stereocenters. The lowest BCUT2D eigenvalue weighted by molar-refractivity contribution is -0.548. The Labute approximate surface area is 123 Å². The molecule has 0 aromatic heterocycles. The highest BCUT2D eigenvalue weighted by Crippen LogP contribution is 2.58. The second-order valence-electron chi connectivity index (χ2n) is 6.22. The number of ether oxygens (including phenoxy) is 2. The normalized spacial score (nSPS) is 62.4. The molecule has 4 fully saturated rings. The van der Waals surface area contributed by atoms with Gasteiger partial charge in [-0.2, -0.15) is 0 Å². The Bertz CT molecular complexity index is 561. The van der Waals surface area contributed by atoms with Crippen LogP contribution in [0.3, 0.4) is 0 Å². The van der Waals surface area contributed by atoms with Gasteiger partial charge in [-0.05, 0) is 0 Å². The Hall–Kier alpha value is -1.05. The van der Waals surface area contributed by atoms with Crippen LogP contribution in [0.15, 0.2) is 4.99 Å². The predicted octanol–water partition coefficient (Wildman–Crippen LogP) is -5.52. The Morgan fingerprint density at radius 3 is 2.45 bits per heavy atom. The first-order valence-corrected chi connectivity index (χ1v) is 6.77. The molecule has 1 saturated carbocycles. The van der Waals surface area contributed by atoms with Crippen molar-refractivity contribution in [2.45, 2.75) is 47.8 Å². The van der Waals surface area contributed by atoms with Crippen LogP contribution in [0, 0.1) is 5.92 Å². The summed E-state index contributed by atoms with van der Waals surface area (Å²) in [7, 11) is 0. The smallest absolute Gasteiger partial charge is 0.311 e. The second-order valence-corrected chi connectivity index (χ2v) is 6.22. The third kappa shape index (κ3) is 1.28. The van der Waals surface area contributed by atoms with Crippen LogP contribution in [-0.2, 0) is 9.47 Å². The minimum atomic E-state index is -2.52. The van der Waals surface area contributed by atoms with Crippen molar-refractivity contribution in [2.75, 3.05) is 6.61 Å². The van der Waals surface area contributed by atoms with Crippen LogP contribution in [0.5, 0.6) is 0 Å². The molecular weight excluding hydrogens is 302 g/mol. The molecular formula is C11H17N3O8. The highest BCUT2D eigenvalue weighted by molar-refractivity contribution is 5.80. The summed E-state index contributed by atoms with van der Waals surface area (Å²) in [6.45, 7) is -0.857. The van der Waals surface area contributed by atoms with Gasteiger partial charge in [0.05, 0.1) is 12.5 Å². The van der Waals surface area contributed by atoms with Crippen molar-refractivity contribution in [1.82, 2.24) is 5.32 Å². The number of rotatable bonds is 1. The second kappa shape index (κ2) is 3.88. The number of guanidine groups is 1. The summed E-state index contributed by atoms with van der Waals surface area (Å²) in [5.74, 6) is -3.95. The SMILES string of the molecule is NC1=N[C@@H](O)[C@H]2[C@H]3O[C@]4(O)O[C@H](C(O)C2(N1)[C@@H]4O)[C@@]3(O)CO. The van der Waals surface area contributed by atoms with Gasteiger partial charge in [0.2, 0.25) is 0 Å². The van der Waals surface area contributed by atoms with E-state index in [1.54, 1.807) is 0 Å². The van der Waals surface area contributed by atoms with Crippen LogP contribution in [0.2, 0.25) is 0 Å². The molecule has 1 spiro atoms. The van der Waals surface area contributed by atoms with Crippen molar-refractivity contribution in [3.8, 4) is 0 Å². The first kappa shape index (κ1) is 14.5. The van der Waals surface area contributed by atoms with Gasteiger partial charge < -0.3 is 51.2 Å². The number of nitrogens with two attached hydrogens (primary N) is 1. The van der Waals surface area contributed by atoms with Gasteiger partial charge in [0.15, 0.2) is 18.3 Å². The van der Waals surface area contributed by atoms with Gasteiger partial charge >= 0.3 is 5.97 Å². The highest BCUT2D eigenvalue weighted by Gasteiger charge is 2.82. The Balaban J connectivity index is 1.95. The molecule has 9 atom stereocenters. The van der Waals surface area contributed by atoms with Gasteiger partial charge in [0.25, 0.3) is 0 Å². The van der Waals surface area contributed by atoms with E-state index in [1.807, 2.05) is 0 Å². The third-order valence-corrected chi connectivity index (χ3v) is 5.22. The van der Waals surface area contributed by atoms with E-state index in [-0.39, 0.29) is 5.96 Å². The topological polar surface area (TPSA) is 190 Å². The van der Waals surface area contributed by atoms with Crippen molar-refractivity contribution in [3.63, 3.8) is 0 Å². The van der Waals surface area contributed by atoms with Crippen molar-refractivity contribution in [1.29, 1.82) is 0 Å². The van der Waals surface area contributed by atoms with E-state index in [0.29, 0.717) is 0 Å². The summed E-state index contributed by atoms with van der Waals surface area (Å²) in [6, 6.07) is 0. The number of nitrogens with zero attached hydrogens (tertiary/aromatic N) is 1. The van der Waals surface area contributed by atoms with Crippen LogP contribution in [0.25, 0.3) is 0 Å². The van der Waals surface area contributed by atoms with E-state index >= 15 is 0 Å². The number of hydrogen-bond acceptors (Lipinski definition) is 11. The molecule has 3 saturated heterocycles. The molecule has 0 radical (unpaired) electrons. The molecule has 1 aliphatic carbocycles. The van der Waals surface area contributed by atoms with Gasteiger partial charge in [0.1, 0.15) is 29.5 Å². The summed E-state index contributed by atoms with van der Waals surface area (Å²) in [5.41, 5.74) is 1.74. The van der Waals surface area contributed by atoms with Crippen molar-refractivity contribution in [2.24, 2.45) is 16.6 Å². The van der Waals surface area contributed by atoms with Crippen molar-refractivity contribution in [3.05, 3.63) is 0 Å². The molecule has 0 amide bonds. The van der Waals surface area contributed by atoms with Crippen molar-refractivity contribution < 1.29 is 40.1 Å². The van der Waals surface area contributed by atoms with Gasteiger partial charge in [-0.3, -0.25) is 0 Å². The van der Waals surface area contributed by atoms with Gasteiger partial charge in [0, 0.05) is 0 Å². The van der Waals surface area contributed by atoms with Crippen molar-refractivity contribution >= 4 is 5.96 Å². The van der Waals surface area contributed by atoms with E-state index in [1.165, 1.54) is 0 Å². The number of aliphatic hydroxyl groups is 6. The molecule has 124 valence electrons. The monoisotopic (exact) mass is 319 g/mol. The van der Waals surface area contributed by atoms with Crippen LogP contribution in [0.4, 0.5) is 0 Å². The van der Waals surface area contributed by atoms with E-state index < -0.39 is 60.3 Å². The molecule has 5 rings (SSSR count). The zero-order chi connectivity index (χ0) is 16.1. The summed E-state index contributed by atoms with van der Waals surface area (Å²) >= 11 is 0. The van der Waals surface area contributed by atoms with Gasteiger partial charge in [-0.25, -0.2) is 4.99 Å². The molecule has 11 nitrogen and oxygen atoms in total. The fourth-order valence-corrected chi connectivity index (χ4v) is 4.24. The zero-order valence-corrected chi connectivity index (χ0v) is 11.2. The lowest BCUT2D eigenvalue weighted by atomic mass is 9.55. The maximum Gasteiger partial charge on any atom is 0.311 e. The first-order valence-electron chi connectivity index (χ1n) is 6.77. The maximum absolute atomic E-state index is 10.6. The summed E-state index contributed by atoms with van der Waals surface area (Å²) < 4.78 is 10.3. The average Bonchev–Trinajstić information content (AvgIpc) is 2.45. The largest absolute Gasteiger partial charge is 0.393 e. The number of nitrogens with one attached hydrogen (secondary N) is 1. The van der Waals surface area contributed by atoms with Gasteiger partial charge in [-0.15, -0.1) is 0 Å². The average molecular weight is 319 g/mol. The fraction of sp³-hybridized carbons (Fsp3) is 0.909. The number of hydrogen-bond donors (Lipinski definition) is 8. The summed E-state index contributed by atoms with van der Waals surface area (Å²) in [6.07, 6.45) is -7.77. The van der Waals surface area contributed by atoms with E-state index in [2.05, 4.69) is 10.3 Å². The minimum Gasteiger partial charge on any atom is -0.393 e. The summed E-state index contributed by atoms with van der Waals surface area (Å²) in [5, 5.41) is 64.3. The Kier molecular flexibility index (Phi) is 2.57.